The smallest absolute Gasteiger partial charge is 0.254 e. The van der Waals surface area contributed by atoms with Gasteiger partial charge in [-0.3, -0.25) is 9.59 Å². The van der Waals surface area contributed by atoms with Crippen molar-refractivity contribution in [1.82, 2.24) is 20.9 Å². The molecule has 7 nitrogen and oxygen atoms in total. The topological polar surface area (TPSA) is 85.8 Å². The molecule has 3 rings (SSSR count). The zero-order valence-corrected chi connectivity index (χ0v) is 18.4. The van der Waals surface area contributed by atoms with Gasteiger partial charge in [-0.05, 0) is 48.7 Å². The van der Waals surface area contributed by atoms with Crippen LogP contribution in [0.2, 0.25) is 5.02 Å². The number of guanidine groups is 1. The lowest BCUT2D eigenvalue weighted by Crippen LogP contribution is -2.49. The Balaban J connectivity index is 1.53. The highest BCUT2D eigenvalue weighted by Gasteiger charge is 2.22. The van der Waals surface area contributed by atoms with Crippen LogP contribution in [0.3, 0.4) is 0 Å². The number of benzene rings is 2. The molecule has 0 unspecified atom stereocenters. The summed E-state index contributed by atoms with van der Waals surface area (Å²) in [5, 5.41) is 10.0. The Labute approximate surface area is 187 Å². The van der Waals surface area contributed by atoms with Gasteiger partial charge >= 0.3 is 0 Å². The molecule has 164 valence electrons. The number of carbonyl (C=O) groups excluding carboxylic acids is 2. The van der Waals surface area contributed by atoms with Gasteiger partial charge in [0, 0.05) is 36.8 Å². The number of amides is 2. The van der Waals surface area contributed by atoms with Gasteiger partial charge in [0.25, 0.3) is 5.91 Å². The first-order chi connectivity index (χ1) is 15.0. The summed E-state index contributed by atoms with van der Waals surface area (Å²) in [5.74, 6) is 0.503. The summed E-state index contributed by atoms with van der Waals surface area (Å²) in [4.78, 5) is 30.2. The molecule has 0 aromatic heterocycles. The summed E-state index contributed by atoms with van der Waals surface area (Å²) in [6, 6.07) is 15.2. The molecule has 1 aliphatic heterocycles. The van der Waals surface area contributed by atoms with E-state index in [1.165, 1.54) is 5.56 Å². The fraction of sp³-hybridized carbons (Fsp3) is 0.348. The van der Waals surface area contributed by atoms with Gasteiger partial charge in [0.1, 0.15) is 0 Å². The maximum absolute atomic E-state index is 12.6. The van der Waals surface area contributed by atoms with E-state index in [0.29, 0.717) is 25.2 Å². The predicted octanol–water partition coefficient (Wildman–Crippen LogP) is 2.21. The van der Waals surface area contributed by atoms with Gasteiger partial charge in [0.05, 0.1) is 13.1 Å². The average Bonchev–Trinajstić information content (AvgIpc) is 2.78. The monoisotopic (exact) mass is 441 g/mol. The maximum atomic E-state index is 12.6. The van der Waals surface area contributed by atoms with Crippen LogP contribution >= 0.6 is 11.6 Å². The minimum atomic E-state index is -0.123. The zero-order valence-electron chi connectivity index (χ0n) is 17.7. The number of rotatable bonds is 7. The lowest BCUT2D eigenvalue weighted by molar-refractivity contribution is -0.123. The Hall–Kier alpha value is -3.06. The first-order valence-electron chi connectivity index (χ1n) is 10.5. The van der Waals surface area contributed by atoms with Gasteiger partial charge < -0.3 is 20.9 Å². The number of hydrogen-bond acceptors (Lipinski definition) is 3. The molecular weight excluding hydrogens is 414 g/mol. The predicted molar refractivity (Wildman–Crippen MR) is 123 cm³/mol. The van der Waals surface area contributed by atoms with E-state index >= 15 is 0 Å². The minimum absolute atomic E-state index is 0.110. The first kappa shape index (κ1) is 22.6. The third kappa shape index (κ3) is 7.00. The highest BCUT2D eigenvalue weighted by atomic mass is 35.5. The van der Waals surface area contributed by atoms with Crippen LogP contribution < -0.4 is 16.0 Å². The average molecular weight is 442 g/mol. The van der Waals surface area contributed by atoms with Gasteiger partial charge in [-0.1, -0.05) is 35.9 Å². The molecule has 8 heteroatoms. The first-order valence-corrected chi connectivity index (χ1v) is 10.8. The van der Waals surface area contributed by atoms with Crippen LogP contribution in [0.1, 0.15) is 28.4 Å². The van der Waals surface area contributed by atoms with Crippen molar-refractivity contribution in [2.24, 2.45) is 4.99 Å². The molecule has 0 bridgehead atoms. The molecule has 2 aromatic rings. The van der Waals surface area contributed by atoms with E-state index < -0.39 is 0 Å². The standard InChI is InChI=1S/C23H28ClN5O2/c1-2-25-23(27-12-11-17-5-9-20(24)10-6-17)28-15-18-3-7-19(8-4-18)22(31)29-14-13-26-21(30)16-29/h3-10H,2,11-16H2,1H3,(H,26,30)(H2,25,27,28). The molecule has 2 amide bonds. The Morgan fingerprint density at radius 3 is 2.48 bits per heavy atom. The van der Waals surface area contributed by atoms with E-state index in [-0.39, 0.29) is 18.4 Å². The number of piperazine rings is 1. The zero-order chi connectivity index (χ0) is 22.1. The normalized spacial score (nSPS) is 14.2. The second-order valence-electron chi connectivity index (χ2n) is 7.27. The van der Waals surface area contributed by atoms with E-state index in [1.54, 1.807) is 17.0 Å². The van der Waals surface area contributed by atoms with Crippen molar-refractivity contribution in [3.63, 3.8) is 0 Å². The molecule has 0 aliphatic carbocycles. The summed E-state index contributed by atoms with van der Waals surface area (Å²) >= 11 is 5.93. The van der Waals surface area contributed by atoms with E-state index in [4.69, 9.17) is 11.6 Å². The van der Waals surface area contributed by atoms with Crippen molar-refractivity contribution in [2.75, 3.05) is 32.7 Å². The Morgan fingerprint density at radius 1 is 1.10 bits per heavy atom. The van der Waals surface area contributed by atoms with Crippen molar-refractivity contribution >= 4 is 29.4 Å². The third-order valence-electron chi connectivity index (χ3n) is 4.91. The van der Waals surface area contributed by atoms with Crippen LogP contribution in [0.4, 0.5) is 0 Å². The molecule has 0 radical (unpaired) electrons. The van der Waals surface area contributed by atoms with E-state index in [2.05, 4.69) is 20.9 Å². The Bertz CT molecular complexity index is 913. The molecule has 1 aliphatic rings. The van der Waals surface area contributed by atoms with Crippen molar-refractivity contribution in [2.45, 2.75) is 19.9 Å². The molecule has 31 heavy (non-hydrogen) atoms. The molecule has 0 atom stereocenters. The van der Waals surface area contributed by atoms with E-state index in [1.807, 2.05) is 43.3 Å². The number of nitrogens with zero attached hydrogens (tertiary/aromatic N) is 2. The van der Waals surface area contributed by atoms with Crippen LogP contribution in [-0.2, 0) is 17.8 Å². The second kappa shape index (κ2) is 11.4. The van der Waals surface area contributed by atoms with E-state index in [0.717, 1.165) is 36.1 Å². The van der Waals surface area contributed by atoms with Crippen LogP contribution in [0.5, 0.6) is 0 Å². The van der Waals surface area contributed by atoms with Crippen molar-refractivity contribution in [1.29, 1.82) is 0 Å². The molecule has 3 N–H and O–H groups in total. The summed E-state index contributed by atoms with van der Waals surface area (Å²) < 4.78 is 0. The van der Waals surface area contributed by atoms with Crippen molar-refractivity contribution < 1.29 is 9.59 Å². The number of carbonyl (C=O) groups is 2. The Morgan fingerprint density at radius 2 is 1.81 bits per heavy atom. The highest BCUT2D eigenvalue weighted by Crippen LogP contribution is 2.11. The van der Waals surface area contributed by atoms with Gasteiger partial charge in [0.2, 0.25) is 5.91 Å². The van der Waals surface area contributed by atoms with Crippen LogP contribution in [-0.4, -0.2) is 55.4 Å². The second-order valence-corrected chi connectivity index (χ2v) is 7.71. The fourth-order valence-corrected chi connectivity index (χ4v) is 3.36. The molecule has 1 fully saturated rings. The SMILES string of the molecule is CCNC(=NCc1ccc(C(=O)N2CCNC(=O)C2)cc1)NCCc1ccc(Cl)cc1. The number of nitrogens with one attached hydrogen (secondary N) is 3. The Kier molecular flexibility index (Phi) is 8.29. The lowest BCUT2D eigenvalue weighted by Gasteiger charge is -2.26. The van der Waals surface area contributed by atoms with Crippen LogP contribution in [0.15, 0.2) is 53.5 Å². The molecule has 1 saturated heterocycles. The van der Waals surface area contributed by atoms with Gasteiger partial charge in [-0.25, -0.2) is 4.99 Å². The summed E-state index contributed by atoms with van der Waals surface area (Å²) in [6.07, 6.45) is 0.868. The summed E-state index contributed by atoms with van der Waals surface area (Å²) in [5.41, 5.74) is 2.79. The highest BCUT2D eigenvalue weighted by molar-refractivity contribution is 6.30. The van der Waals surface area contributed by atoms with Gasteiger partial charge in [-0.2, -0.15) is 0 Å². The summed E-state index contributed by atoms with van der Waals surface area (Å²) in [7, 11) is 0. The van der Waals surface area contributed by atoms with Gasteiger partial charge in [-0.15, -0.1) is 0 Å². The van der Waals surface area contributed by atoms with Crippen molar-refractivity contribution in [3.05, 3.63) is 70.2 Å². The lowest BCUT2D eigenvalue weighted by atomic mass is 10.1. The third-order valence-corrected chi connectivity index (χ3v) is 5.16. The minimum Gasteiger partial charge on any atom is -0.357 e. The molecule has 0 spiro atoms. The fourth-order valence-electron chi connectivity index (χ4n) is 3.24. The molecule has 1 heterocycles. The number of hydrogen-bond donors (Lipinski definition) is 3. The maximum Gasteiger partial charge on any atom is 0.254 e. The quantitative estimate of drug-likeness (QED) is 0.454. The van der Waals surface area contributed by atoms with Crippen LogP contribution in [0, 0.1) is 0 Å². The van der Waals surface area contributed by atoms with Crippen molar-refractivity contribution in [3.8, 4) is 0 Å². The van der Waals surface area contributed by atoms with E-state index in [9.17, 15) is 9.59 Å². The van der Waals surface area contributed by atoms with Crippen LogP contribution in [0.25, 0.3) is 0 Å². The molecular formula is C23H28ClN5O2. The molecule has 2 aromatic carbocycles. The number of aliphatic imine (C=N–C) groups is 1. The van der Waals surface area contributed by atoms with Gasteiger partial charge in [0.15, 0.2) is 5.96 Å². The number of halogens is 1. The largest absolute Gasteiger partial charge is 0.357 e. The summed E-state index contributed by atoms with van der Waals surface area (Å²) in [6.45, 7) is 5.18. The molecule has 0 saturated carbocycles.